The molecule has 1 aromatic heterocycles. The van der Waals surface area contributed by atoms with Crippen LogP contribution in [0.2, 0.25) is 0 Å². The molecule has 1 saturated carbocycles. The molecule has 5 rings (SSSR count). The number of benzene rings is 1. The molecule has 1 atom stereocenters. The number of hydrogen-bond acceptors (Lipinski definition) is 4. The zero-order valence-electron chi connectivity index (χ0n) is 17.0. The lowest BCUT2D eigenvalue weighted by molar-refractivity contribution is -0.116. The van der Waals surface area contributed by atoms with Gasteiger partial charge in [0.05, 0.1) is 17.6 Å². The van der Waals surface area contributed by atoms with Crippen LogP contribution in [-0.4, -0.2) is 17.9 Å². The minimum atomic E-state index is -0.581. The summed E-state index contributed by atoms with van der Waals surface area (Å²) >= 11 is 0. The van der Waals surface area contributed by atoms with Crippen LogP contribution in [0.3, 0.4) is 0 Å². The van der Waals surface area contributed by atoms with Crippen molar-refractivity contribution in [3.63, 3.8) is 0 Å². The van der Waals surface area contributed by atoms with Gasteiger partial charge in [0.25, 0.3) is 0 Å². The second-order valence-electron chi connectivity index (χ2n) is 8.38. The number of carbonyl (C=O) groups is 2. The zero-order chi connectivity index (χ0) is 20.5. The molecule has 2 aliphatic carbocycles. The van der Waals surface area contributed by atoms with E-state index in [0.717, 1.165) is 55.6 Å². The number of rotatable bonds is 2. The summed E-state index contributed by atoms with van der Waals surface area (Å²) in [7, 11) is 0. The first-order valence-corrected chi connectivity index (χ1v) is 11.0. The highest BCUT2D eigenvalue weighted by Gasteiger charge is 2.41. The second kappa shape index (κ2) is 8.01. The average Bonchev–Trinajstić information content (AvgIpc) is 3.24. The van der Waals surface area contributed by atoms with Crippen molar-refractivity contribution in [1.82, 2.24) is 5.32 Å². The summed E-state index contributed by atoms with van der Waals surface area (Å²) in [5.74, 6) is 0.684. The molecule has 0 spiro atoms. The van der Waals surface area contributed by atoms with Gasteiger partial charge in [0, 0.05) is 23.7 Å². The van der Waals surface area contributed by atoms with Gasteiger partial charge in [-0.1, -0.05) is 31.4 Å². The summed E-state index contributed by atoms with van der Waals surface area (Å²) in [6.07, 6.45) is 9.18. The van der Waals surface area contributed by atoms with Crippen LogP contribution in [0.5, 0.6) is 0 Å². The fraction of sp³-hybridized carbons (Fsp3) is 0.417. The predicted molar refractivity (Wildman–Crippen MR) is 115 cm³/mol. The van der Waals surface area contributed by atoms with Crippen molar-refractivity contribution in [2.24, 2.45) is 0 Å². The molecule has 0 radical (unpaired) electrons. The SMILES string of the molecule is O=C1CCCC2=C1[C@@H](c1ccco1)N(C(=O)NC1CCCCC1)c1ccccc1N2. The van der Waals surface area contributed by atoms with E-state index in [4.69, 9.17) is 4.42 Å². The van der Waals surface area contributed by atoms with E-state index in [1.165, 1.54) is 6.42 Å². The number of ketones is 1. The Kier molecular flexibility index (Phi) is 5.07. The van der Waals surface area contributed by atoms with Crippen LogP contribution >= 0.6 is 0 Å². The Hall–Kier alpha value is -3.02. The van der Waals surface area contributed by atoms with Crippen LogP contribution in [0.4, 0.5) is 16.2 Å². The van der Waals surface area contributed by atoms with Gasteiger partial charge in [0.1, 0.15) is 11.8 Å². The Morgan fingerprint density at radius 1 is 1.03 bits per heavy atom. The highest BCUT2D eigenvalue weighted by molar-refractivity contribution is 6.05. The van der Waals surface area contributed by atoms with Crippen molar-refractivity contribution >= 4 is 23.2 Å². The number of nitrogens with one attached hydrogen (secondary N) is 2. The third-order valence-electron chi connectivity index (χ3n) is 6.40. The molecule has 2 heterocycles. The first-order chi connectivity index (χ1) is 14.7. The van der Waals surface area contributed by atoms with Gasteiger partial charge >= 0.3 is 6.03 Å². The van der Waals surface area contributed by atoms with Gasteiger partial charge in [-0.2, -0.15) is 0 Å². The molecule has 2 N–H and O–H groups in total. The van der Waals surface area contributed by atoms with Gasteiger partial charge in [-0.3, -0.25) is 9.69 Å². The summed E-state index contributed by atoms with van der Waals surface area (Å²) in [6, 6.07) is 10.8. The minimum absolute atomic E-state index is 0.0772. The summed E-state index contributed by atoms with van der Waals surface area (Å²) in [5, 5.41) is 6.71. The first-order valence-electron chi connectivity index (χ1n) is 11.0. The topological polar surface area (TPSA) is 74.6 Å². The highest BCUT2D eigenvalue weighted by Crippen LogP contribution is 2.44. The molecule has 0 saturated heterocycles. The fourth-order valence-corrected chi connectivity index (χ4v) is 4.96. The van der Waals surface area contributed by atoms with E-state index >= 15 is 0 Å². The van der Waals surface area contributed by atoms with Gasteiger partial charge in [-0.15, -0.1) is 0 Å². The Morgan fingerprint density at radius 2 is 1.87 bits per heavy atom. The molecule has 0 bridgehead atoms. The number of fused-ring (bicyclic) bond motifs is 1. The standard InChI is InChI=1S/C24H27N3O3/c28-20-13-6-11-18-22(20)23(21-14-7-15-30-21)27(19-12-5-4-10-17(19)26-18)24(29)25-16-8-2-1-3-9-16/h4-5,7,10,12,14-16,23,26H,1-3,6,8-9,11,13H2,(H,25,29)/t23-/m1/s1. The molecular weight excluding hydrogens is 378 g/mol. The number of Topliss-reactive ketones (excluding diaryl/α,β-unsaturated/α-hetero) is 1. The molecule has 1 aromatic carbocycles. The summed E-state index contributed by atoms with van der Waals surface area (Å²) < 4.78 is 5.78. The molecule has 0 unspecified atom stereocenters. The molecule has 3 aliphatic rings. The lowest BCUT2D eigenvalue weighted by Gasteiger charge is -2.34. The predicted octanol–water partition coefficient (Wildman–Crippen LogP) is 5.30. The van der Waals surface area contributed by atoms with E-state index in [1.807, 2.05) is 36.4 Å². The van der Waals surface area contributed by atoms with Crippen molar-refractivity contribution < 1.29 is 14.0 Å². The number of carbonyl (C=O) groups excluding carboxylic acids is 2. The fourth-order valence-electron chi connectivity index (χ4n) is 4.96. The minimum Gasteiger partial charge on any atom is -0.467 e. The number of nitrogens with zero attached hydrogens (tertiary/aromatic N) is 1. The smallest absolute Gasteiger partial charge is 0.323 e. The molecule has 6 nitrogen and oxygen atoms in total. The van der Waals surface area contributed by atoms with Crippen LogP contribution in [-0.2, 0) is 4.79 Å². The van der Waals surface area contributed by atoms with Crippen LogP contribution in [0.25, 0.3) is 0 Å². The Labute approximate surface area is 176 Å². The van der Waals surface area contributed by atoms with E-state index in [2.05, 4.69) is 10.6 Å². The van der Waals surface area contributed by atoms with Gasteiger partial charge in [-0.25, -0.2) is 4.79 Å². The van der Waals surface area contributed by atoms with Gasteiger partial charge < -0.3 is 15.1 Å². The van der Waals surface area contributed by atoms with Crippen molar-refractivity contribution in [3.8, 4) is 0 Å². The maximum Gasteiger partial charge on any atom is 0.323 e. The number of amides is 2. The van der Waals surface area contributed by atoms with Crippen LogP contribution in [0, 0.1) is 0 Å². The average molecular weight is 405 g/mol. The second-order valence-corrected chi connectivity index (χ2v) is 8.38. The van der Waals surface area contributed by atoms with Crippen molar-refractivity contribution in [2.75, 3.05) is 10.2 Å². The van der Waals surface area contributed by atoms with Crippen LogP contribution in [0.1, 0.15) is 63.2 Å². The number of furan rings is 1. The number of urea groups is 1. The Balaban J connectivity index is 1.63. The molecule has 1 aliphatic heterocycles. The monoisotopic (exact) mass is 405 g/mol. The largest absolute Gasteiger partial charge is 0.467 e. The van der Waals surface area contributed by atoms with Gasteiger partial charge in [-0.05, 0) is 49.9 Å². The third-order valence-corrected chi connectivity index (χ3v) is 6.40. The van der Waals surface area contributed by atoms with E-state index in [9.17, 15) is 9.59 Å². The van der Waals surface area contributed by atoms with Gasteiger partial charge in [0.2, 0.25) is 0 Å². The van der Waals surface area contributed by atoms with Gasteiger partial charge in [0.15, 0.2) is 5.78 Å². The Bertz CT molecular complexity index is 973. The maximum absolute atomic E-state index is 13.7. The van der Waals surface area contributed by atoms with E-state index in [0.29, 0.717) is 17.8 Å². The molecular formula is C24H27N3O3. The number of para-hydroxylation sites is 2. The highest BCUT2D eigenvalue weighted by atomic mass is 16.3. The molecule has 6 heteroatoms. The molecule has 1 fully saturated rings. The Morgan fingerprint density at radius 3 is 2.67 bits per heavy atom. The quantitative estimate of drug-likeness (QED) is 0.711. The lowest BCUT2D eigenvalue weighted by Crippen LogP contribution is -2.48. The van der Waals surface area contributed by atoms with Crippen LogP contribution in [0.15, 0.2) is 58.3 Å². The number of anilines is 2. The van der Waals surface area contributed by atoms with Crippen LogP contribution < -0.4 is 15.5 Å². The molecule has 2 amide bonds. The first kappa shape index (κ1) is 19.0. The van der Waals surface area contributed by atoms with Crippen molar-refractivity contribution in [1.29, 1.82) is 0 Å². The number of hydrogen-bond donors (Lipinski definition) is 2. The normalized spacial score (nSPS) is 22.1. The summed E-state index contributed by atoms with van der Waals surface area (Å²) in [6.45, 7) is 0. The summed E-state index contributed by atoms with van der Waals surface area (Å²) in [5.41, 5.74) is 3.14. The zero-order valence-corrected chi connectivity index (χ0v) is 17.0. The molecule has 156 valence electrons. The lowest BCUT2D eigenvalue weighted by atomic mass is 9.88. The molecule has 2 aromatic rings. The summed E-state index contributed by atoms with van der Waals surface area (Å²) in [4.78, 5) is 28.5. The number of allylic oxidation sites excluding steroid dienone is 1. The maximum atomic E-state index is 13.7. The third kappa shape index (κ3) is 3.40. The van der Waals surface area contributed by atoms with Crippen molar-refractivity contribution in [2.45, 2.75) is 63.5 Å². The molecule has 30 heavy (non-hydrogen) atoms. The van der Waals surface area contributed by atoms with Crippen molar-refractivity contribution in [3.05, 3.63) is 59.7 Å². The van der Waals surface area contributed by atoms with E-state index in [1.54, 1.807) is 11.2 Å². The van der Waals surface area contributed by atoms with E-state index < -0.39 is 6.04 Å². The van der Waals surface area contributed by atoms with E-state index in [-0.39, 0.29) is 17.9 Å².